The average molecular weight is 325 g/mol. The molecule has 1 N–H and O–H groups in total. The summed E-state index contributed by atoms with van der Waals surface area (Å²) in [4.78, 5) is 4.37. The molecule has 1 heterocycles. The Hall–Kier alpha value is -1.10. The van der Waals surface area contributed by atoms with Gasteiger partial charge in [0, 0.05) is 23.0 Å². The Morgan fingerprint density at radius 1 is 1.43 bits per heavy atom. The molecule has 0 saturated heterocycles. The molecule has 0 aliphatic carbocycles. The number of nitrogens with one attached hydrogen (secondary N) is 1. The van der Waals surface area contributed by atoms with E-state index in [-0.39, 0.29) is 12.1 Å². The third kappa shape index (κ3) is 5.30. The number of rotatable bonds is 8. The maximum atomic E-state index is 6.03. The number of ether oxygens (including phenoxy) is 1. The largest absolute Gasteiger partial charge is 0.489 e. The predicted molar refractivity (Wildman–Crippen MR) is 89.4 cm³/mol. The van der Waals surface area contributed by atoms with Crippen LogP contribution in [0.5, 0.6) is 5.75 Å². The van der Waals surface area contributed by atoms with Crippen LogP contribution in [0.4, 0.5) is 0 Å². The van der Waals surface area contributed by atoms with Crippen molar-refractivity contribution in [1.29, 1.82) is 0 Å². The molecule has 0 amide bonds. The van der Waals surface area contributed by atoms with Crippen molar-refractivity contribution in [3.63, 3.8) is 0 Å². The van der Waals surface area contributed by atoms with Gasteiger partial charge in [-0.15, -0.1) is 11.3 Å². The van der Waals surface area contributed by atoms with Crippen molar-refractivity contribution in [1.82, 2.24) is 10.3 Å². The van der Waals surface area contributed by atoms with Gasteiger partial charge in [0.2, 0.25) is 0 Å². The maximum absolute atomic E-state index is 6.03. The lowest BCUT2D eigenvalue weighted by Crippen LogP contribution is -2.43. The van der Waals surface area contributed by atoms with Crippen LogP contribution in [0.25, 0.3) is 0 Å². The molecule has 114 valence electrons. The van der Waals surface area contributed by atoms with Crippen LogP contribution in [0.2, 0.25) is 5.02 Å². The van der Waals surface area contributed by atoms with Crippen LogP contribution in [-0.2, 0) is 6.42 Å². The molecule has 2 aromatic rings. The fourth-order valence-corrected chi connectivity index (χ4v) is 2.97. The summed E-state index contributed by atoms with van der Waals surface area (Å²) >= 11 is 7.69. The minimum atomic E-state index is 0.0407. The molecule has 1 aromatic carbocycles. The summed E-state index contributed by atoms with van der Waals surface area (Å²) in [6, 6.07) is 7.76. The third-order valence-corrected chi connectivity index (χ3v) is 4.26. The second kappa shape index (κ2) is 8.37. The van der Waals surface area contributed by atoms with Crippen molar-refractivity contribution in [2.45, 2.75) is 38.8 Å². The molecule has 0 aliphatic heterocycles. The van der Waals surface area contributed by atoms with Crippen LogP contribution in [-0.4, -0.2) is 23.7 Å². The van der Waals surface area contributed by atoms with E-state index in [0.29, 0.717) is 5.02 Å². The van der Waals surface area contributed by atoms with E-state index in [1.54, 1.807) is 11.3 Å². The number of hydrogen-bond acceptors (Lipinski definition) is 4. The summed E-state index contributed by atoms with van der Waals surface area (Å²) in [6.45, 7) is 5.22. The van der Waals surface area contributed by atoms with E-state index in [9.17, 15) is 0 Å². The van der Waals surface area contributed by atoms with Gasteiger partial charge in [0.15, 0.2) is 0 Å². The van der Waals surface area contributed by atoms with Gasteiger partial charge in [-0.25, -0.2) is 4.98 Å². The molecule has 0 radical (unpaired) electrons. The second-order valence-electron chi connectivity index (χ2n) is 4.97. The van der Waals surface area contributed by atoms with E-state index >= 15 is 0 Å². The summed E-state index contributed by atoms with van der Waals surface area (Å²) in [5.41, 5.74) is 0. The molecule has 2 atom stereocenters. The minimum Gasteiger partial charge on any atom is -0.489 e. The first kappa shape index (κ1) is 16.3. The highest BCUT2D eigenvalue weighted by molar-refractivity contribution is 7.09. The first-order chi connectivity index (χ1) is 10.2. The Morgan fingerprint density at radius 2 is 2.29 bits per heavy atom. The van der Waals surface area contributed by atoms with Crippen LogP contribution < -0.4 is 10.1 Å². The van der Waals surface area contributed by atoms with Gasteiger partial charge < -0.3 is 10.1 Å². The zero-order valence-corrected chi connectivity index (χ0v) is 14.0. The van der Waals surface area contributed by atoms with Gasteiger partial charge in [0.25, 0.3) is 0 Å². The minimum absolute atomic E-state index is 0.0407. The Balaban J connectivity index is 2.00. The van der Waals surface area contributed by atoms with E-state index in [1.807, 2.05) is 35.8 Å². The topological polar surface area (TPSA) is 34.2 Å². The lowest BCUT2D eigenvalue weighted by molar-refractivity contribution is 0.169. The highest BCUT2D eigenvalue weighted by atomic mass is 35.5. The van der Waals surface area contributed by atoms with Crippen LogP contribution >= 0.6 is 22.9 Å². The molecule has 21 heavy (non-hydrogen) atoms. The summed E-state index contributed by atoms with van der Waals surface area (Å²) < 4.78 is 6.03. The van der Waals surface area contributed by atoms with E-state index in [0.717, 1.165) is 30.1 Å². The molecular weight excluding hydrogens is 304 g/mol. The number of hydrogen-bond donors (Lipinski definition) is 1. The summed E-state index contributed by atoms with van der Waals surface area (Å²) in [5, 5.41) is 7.38. The monoisotopic (exact) mass is 324 g/mol. The smallest absolute Gasteiger partial charge is 0.121 e. The lowest BCUT2D eigenvalue weighted by Gasteiger charge is -2.25. The molecule has 0 saturated carbocycles. The molecule has 3 nitrogen and oxygen atoms in total. The van der Waals surface area contributed by atoms with Gasteiger partial charge in [-0.05, 0) is 38.1 Å². The summed E-state index contributed by atoms with van der Waals surface area (Å²) in [5.74, 6) is 0.803. The molecule has 0 fully saturated rings. The van der Waals surface area contributed by atoms with E-state index in [4.69, 9.17) is 16.3 Å². The van der Waals surface area contributed by atoms with E-state index in [1.165, 1.54) is 0 Å². The van der Waals surface area contributed by atoms with Crippen molar-refractivity contribution in [2.24, 2.45) is 0 Å². The first-order valence-electron chi connectivity index (χ1n) is 7.23. The molecule has 2 unspecified atom stereocenters. The van der Waals surface area contributed by atoms with E-state index < -0.39 is 0 Å². The van der Waals surface area contributed by atoms with Crippen molar-refractivity contribution in [3.05, 3.63) is 45.9 Å². The fourth-order valence-electron chi connectivity index (χ4n) is 2.11. The number of thiazole rings is 1. The van der Waals surface area contributed by atoms with Gasteiger partial charge in [-0.1, -0.05) is 24.6 Å². The van der Waals surface area contributed by atoms with Crippen LogP contribution in [0.15, 0.2) is 35.8 Å². The van der Waals surface area contributed by atoms with Gasteiger partial charge in [0.1, 0.15) is 11.9 Å². The zero-order chi connectivity index (χ0) is 15.1. The molecule has 1 aromatic heterocycles. The SMILES string of the molecule is CCCNC(Cc1nccs1)C(C)Oc1cccc(Cl)c1. The highest BCUT2D eigenvalue weighted by Crippen LogP contribution is 2.20. The number of aromatic nitrogens is 1. The normalized spacial score (nSPS) is 13.9. The van der Waals surface area contributed by atoms with Crippen molar-refractivity contribution in [2.75, 3.05) is 6.54 Å². The quantitative estimate of drug-likeness (QED) is 0.791. The van der Waals surface area contributed by atoms with Crippen LogP contribution in [0.3, 0.4) is 0 Å². The Kier molecular flexibility index (Phi) is 6.49. The second-order valence-corrected chi connectivity index (χ2v) is 6.39. The Bertz CT molecular complexity index is 533. The molecule has 2 rings (SSSR count). The highest BCUT2D eigenvalue weighted by Gasteiger charge is 2.20. The van der Waals surface area contributed by atoms with Crippen LogP contribution in [0.1, 0.15) is 25.3 Å². The molecule has 0 bridgehead atoms. The Morgan fingerprint density at radius 3 is 2.95 bits per heavy atom. The number of nitrogens with zero attached hydrogens (tertiary/aromatic N) is 1. The number of benzene rings is 1. The predicted octanol–water partition coefficient (Wildman–Crippen LogP) is 4.17. The third-order valence-electron chi connectivity index (χ3n) is 3.22. The molecule has 5 heteroatoms. The summed E-state index contributed by atoms with van der Waals surface area (Å²) in [7, 11) is 0. The summed E-state index contributed by atoms with van der Waals surface area (Å²) in [6.07, 6.45) is 3.86. The van der Waals surface area contributed by atoms with Crippen molar-refractivity contribution in [3.8, 4) is 5.75 Å². The van der Waals surface area contributed by atoms with Crippen molar-refractivity contribution >= 4 is 22.9 Å². The van der Waals surface area contributed by atoms with Gasteiger partial charge in [-0.2, -0.15) is 0 Å². The van der Waals surface area contributed by atoms with E-state index in [2.05, 4.69) is 24.1 Å². The lowest BCUT2D eigenvalue weighted by atomic mass is 10.1. The standard InChI is InChI=1S/C16H21ClN2OS/c1-3-7-18-15(11-16-19-8-9-21-16)12(2)20-14-6-4-5-13(17)10-14/h4-6,8-10,12,15,18H,3,7,11H2,1-2H3. The van der Waals surface area contributed by atoms with Gasteiger partial charge in [0.05, 0.1) is 11.0 Å². The fraction of sp³-hybridized carbons (Fsp3) is 0.438. The molecular formula is C16H21ClN2OS. The molecule has 0 spiro atoms. The number of halogens is 1. The molecule has 0 aliphatic rings. The van der Waals surface area contributed by atoms with Crippen LogP contribution in [0, 0.1) is 0 Å². The zero-order valence-electron chi connectivity index (χ0n) is 12.4. The van der Waals surface area contributed by atoms with Gasteiger partial charge >= 0.3 is 0 Å². The first-order valence-corrected chi connectivity index (χ1v) is 8.48. The van der Waals surface area contributed by atoms with Crippen molar-refractivity contribution < 1.29 is 4.74 Å². The maximum Gasteiger partial charge on any atom is 0.121 e. The average Bonchev–Trinajstić information content (AvgIpc) is 2.96. The van der Waals surface area contributed by atoms with Gasteiger partial charge in [-0.3, -0.25) is 0 Å². The Labute approximate surface area is 135 Å².